The van der Waals surface area contributed by atoms with E-state index in [9.17, 15) is 0 Å². The Morgan fingerprint density at radius 1 is 1.38 bits per heavy atom. The van der Waals surface area contributed by atoms with Crippen LogP contribution in [-0.2, 0) is 0 Å². The van der Waals surface area contributed by atoms with E-state index in [4.69, 9.17) is 0 Å². The van der Waals surface area contributed by atoms with E-state index in [1.165, 1.54) is 25.9 Å². The van der Waals surface area contributed by atoms with Crippen LogP contribution in [0, 0.1) is 17.8 Å². The van der Waals surface area contributed by atoms with Crippen LogP contribution >= 0.6 is 0 Å². The molecular weight excluding hydrogens is 196 g/mol. The third-order valence-corrected chi connectivity index (χ3v) is 3.79. The molecule has 1 N–H and O–H groups in total. The molecule has 0 saturated heterocycles. The van der Waals surface area contributed by atoms with Gasteiger partial charge in [-0.1, -0.05) is 27.7 Å². The fourth-order valence-electron chi connectivity index (χ4n) is 2.30. The van der Waals surface area contributed by atoms with Gasteiger partial charge in [-0.3, -0.25) is 0 Å². The Bertz CT molecular complexity index is 191. The van der Waals surface area contributed by atoms with Crippen LogP contribution in [0.15, 0.2) is 0 Å². The predicted molar refractivity (Wildman–Crippen MR) is 71.7 cm³/mol. The number of rotatable bonds is 8. The molecule has 0 aromatic rings. The summed E-state index contributed by atoms with van der Waals surface area (Å²) in [6, 6.07) is 0.652. The van der Waals surface area contributed by atoms with Gasteiger partial charge in [0.2, 0.25) is 0 Å². The first-order chi connectivity index (χ1) is 7.54. The molecule has 0 aliphatic heterocycles. The van der Waals surface area contributed by atoms with E-state index in [-0.39, 0.29) is 0 Å². The fraction of sp³-hybridized carbons (Fsp3) is 1.00. The lowest BCUT2D eigenvalue weighted by Crippen LogP contribution is -2.43. The highest BCUT2D eigenvalue weighted by molar-refractivity contribution is 4.85. The zero-order valence-corrected chi connectivity index (χ0v) is 11.8. The molecule has 3 atom stereocenters. The SMILES string of the molecule is CCCNC(CN(C)CC1CC1C)C(C)C. The summed E-state index contributed by atoms with van der Waals surface area (Å²) in [5.74, 6) is 2.68. The summed E-state index contributed by atoms with van der Waals surface area (Å²) in [6.07, 6.45) is 2.67. The van der Waals surface area contributed by atoms with Crippen LogP contribution in [0.5, 0.6) is 0 Å². The summed E-state index contributed by atoms with van der Waals surface area (Å²) in [5, 5.41) is 3.66. The van der Waals surface area contributed by atoms with E-state index in [0.29, 0.717) is 6.04 Å². The van der Waals surface area contributed by atoms with Crippen LogP contribution in [0.2, 0.25) is 0 Å². The predicted octanol–water partition coefficient (Wildman–Crippen LogP) is 2.60. The fourth-order valence-corrected chi connectivity index (χ4v) is 2.30. The van der Waals surface area contributed by atoms with Gasteiger partial charge in [-0.15, -0.1) is 0 Å². The molecule has 1 fully saturated rings. The van der Waals surface area contributed by atoms with Crippen LogP contribution in [0.3, 0.4) is 0 Å². The van der Waals surface area contributed by atoms with Gasteiger partial charge in [0.1, 0.15) is 0 Å². The molecule has 0 amide bonds. The van der Waals surface area contributed by atoms with Gasteiger partial charge < -0.3 is 10.2 Å². The van der Waals surface area contributed by atoms with Crippen molar-refractivity contribution in [3.05, 3.63) is 0 Å². The second kappa shape index (κ2) is 6.61. The normalized spacial score (nSPS) is 26.4. The lowest BCUT2D eigenvalue weighted by Gasteiger charge is -2.28. The Morgan fingerprint density at radius 2 is 2.00 bits per heavy atom. The molecule has 1 aliphatic carbocycles. The van der Waals surface area contributed by atoms with Crippen LogP contribution in [0.4, 0.5) is 0 Å². The largest absolute Gasteiger partial charge is 0.312 e. The minimum absolute atomic E-state index is 0.652. The molecule has 3 unspecified atom stereocenters. The molecular formula is C14H30N2. The van der Waals surface area contributed by atoms with E-state index >= 15 is 0 Å². The first-order valence-corrected chi connectivity index (χ1v) is 6.96. The van der Waals surface area contributed by atoms with E-state index in [0.717, 1.165) is 24.3 Å². The minimum Gasteiger partial charge on any atom is -0.312 e. The molecule has 2 heteroatoms. The number of hydrogen-bond acceptors (Lipinski definition) is 2. The highest BCUT2D eigenvalue weighted by Gasteiger charge is 2.33. The van der Waals surface area contributed by atoms with Crippen molar-refractivity contribution < 1.29 is 0 Å². The average molecular weight is 226 g/mol. The van der Waals surface area contributed by atoms with Crippen molar-refractivity contribution >= 4 is 0 Å². The zero-order valence-electron chi connectivity index (χ0n) is 11.8. The monoisotopic (exact) mass is 226 g/mol. The van der Waals surface area contributed by atoms with Crippen LogP contribution in [-0.4, -0.2) is 37.6 Å². The Balaban J connectivity index is 2.23. The first kappa shape index (κ1) is 14.0. The van der Waals surface area contributed by atoms with Crippen LogP contribution < -0.4 is 5.32 Å². The third-order valence-electron chi connectivity index (χ3n) is 3.79. The van der Waals surface area contributed by atoms with E-state index in [2.05, 4.69) is 45.0 Å². The molecule has 1 aliphatic rings. The summed E-state index contributed by atoms with van der Waals surface area (Å²) in [6.45, 7) is 12.9. The standard InChI is InChI=1S/C14H30N2/c1-6-7-15-14(11(2)3)10-16(5)9-13-8-12(13)4/h11-15H,6-10H2,1-5H3. The van der Waals surface area contributed by atoms with Gasteiger partial charge in [-0.05, 0) is 44.2 Å². The quantitative estimate of drug-likeness (QED) is 0.684. The zero-order chi connectivity index (χ0) is 12.1. The lowest BCUT2D eigenvalue weighted by atomic mass is 10.0. The van der Waals surface area contributed by atoms with E-state index in [1.54, 1.807) is 0 Å². The highest BCUT2D eigenvalue weighted by atomic mass is 15.1. The topological polar surface area (TPSA) is 15.3 Å². The van der Waals surface area contributed by atoms with Crippen LogP contribution in [0.25, 0.3) is 0 Å². The maximum Gasteiger partial charge on any atom is 0.0217 e. The highest BCUT2D eigenvalue weighted by Crippen LogP contribution is 2.37. The minimum atomic E-state index is 0.652. The summed E-state index contributed by atoms with van der Waals surface area (Å²) >= 11 is 0. The molecule has 0 aromatic carbocycles. The molecule has 16 heavy (non-hydrogen) atoms. The van der Waals surface area contributed by atoms with Crippen LogP contribution in [0.1, 0.15) is 40.5 Å². The van der Waals surface area contributed by atoms with Gasteiger partial charge in [-0.25, -0.2) is 0 Å². The number of nitrogens with zero attached hydrogens (tertiary/aromatic N) is 1. The molecule has 0 radical (unpaired) electrons. The second-order valence-electron chi connectivity index (χ2n) is 6.00. The summed E-state index contributed by atoms with van der Waals surface area (Å²) in [5.41, 5.74) is 0. The smallest absolute Gasteiger partial charge is 0.0217 e. The summed E-state index contributed by atoms with van der Waals surface area (Å²) in [4.78, 5) is 2.52. The third kappa shape index (κ3) is 4.84. The molecule has 0 spiro atoms. The Kier molecular flexibility index (Phi) is 5.77. The lowest BCUT2D eigenvalue weighted by molar-refractivity contribution is 0.245. The molecule has 2 nitrogen and oxygen atoms in total. The number of likely N-dealkylation sites (N-methyl/N-ethyl adjacent to an activating group) is 1. The van der Waals surface area contributed by atoms with Crippen molar-refractivity contribution in [2.75, 3.05) is 26.7 Å². The van der Waals surface area contributed by atoms with Crippen molar-refractivity contribution in [2.45, 2.75) is 46.6 Å². The summed E-state index contributed by atoms with van der Waals surface area (Å²) < 4.78 is 0. The first-order valence-electron chi connectivity index (χ1n) is 6.96. The van der Waals surface area contributed by atoms with Crippen molar-refractivity contribution in [1.29, 1.82) is 0 Å². The second-order valence-corrected chi connectivity index (χ2v) is 6.00. The number of hydrogen-bond donors (Lipinski definition) is 1. The van der Waals surface area contributed by atoms with E-state index in [1.807, 2.05) is 0 Å². The average Bonchev–Trinajstić information content (AvgIpc) is 2.88. The molecule has 0 heterocycles. The Hall–Kier alpha value is -0.0800. The van der Waals surface area contributed by atoms with Crippen molar-refractivity contribution in [3.63, 3.8) is 0 Å². The van der Waals surface area contributed by atoms with Crippen molar-refractivity contribution in [1.82, 2.24) is 10.2 Å². The Morgan fingerprint density at radius 3 is 2.44 bits per heavy atom. The van der Waals surface area contributed by atoms with Gasteiger partial charge in [0.15, 0.2) is 0 Å². The molecule has 0 aromatic heterocycles. The van der Waals surface area contributed by atoms with Crippen molar-refractivity contribution in [3.8, 4) is 0 Å². The molecule has 0 bridgehead atoms. The maximum atomic E-state index is 3.66. The molecule has 1 saturated carbocycles. The molecule has 96 valence electrons. The maximum absolute atomic E-state index is 3.66. The number of nitrogens with one attached hydrogen (secondary N) is 1. The van der Waals surface area contributed by atoms with Gasteiger partial charge in [0.05, 0.1) is 0 Å². The van der Waals surface area contributed by atoms with Gasteiger partial charge >= 0.3 is 0 Å². The molecule has 1 rings (SSSR count). The van der Waals surface area contributed by atoms with Gasteiger partial charge in [0.25, 0.3) is 0 Å². The van der Waals surface area contributed by atoms with Gasteiger partial charge in [0, 0.05) is 19.1 Å². The summed E-state index contributed by atoms with van der Waals surface area (Å²) in [7, 11) is 2.27. The van der Waals surface area contributed by atoms with Gasteiger partial charge in [-0.2, -0.15) is 0 Å². The van der Waals surface area contributed by atoms with Crippen molar-refractivity contribution in [2.24, 2.45) is 17.8 Å². The van der Waals surface area contributed by atoms with E-state index < -0.39 is 0 Å². The Labute approximate surface area is 102 Å².